The minimum Gasteiger partial charge on any atom is -0.458 e. The largest absolute Gasteiger partial charge is 0.458 e. The third-order valence-electron chi connectivity index (χ3n) is 3.35. The lowest BCUT2D eigenvalue weighted by atomic mass is 10.4. The highest BCUT2D eigenvalue weighted by Crippen LogP contribution is 2.26. The Kier molecular flexibility index (Phi) is 5.30. The molecule has 0 saturated heterocycles. The molecule has 0 fully saturated rings. The van der Waals surface area contributed by atoms with Crippen LogP contribution in [0.15, 0.2) is 34.1 Å². The first kappa shape index (κ1) is 17.4. The van der Waals surface area contributed by atoms with E-state index in [4.69, 9.17) is 9.15 Å². The van der Waals surface area contributed by atoms with E-state index in [-0.39, 0.29) is 19.1 Å². The number of aromatic nitrogens is 1. The van der Waals surface area contributed by atoms with Gasteiger partial charge in [0.25, 0.3) is 5.91 Å². The van der Waals surface area contributed by atoms with Crippen molar-refractivity contribution in [1.82, 2.24) is 10.3 Å². The van der Waals surface area contributed by atoms with Gasteiger partial charge in [-0.3, -0.25) is 9.59 Å². The number of carbonyl (C=O) groups excluding carboxylic acids is 2. The van der Waals surface area contributed by atoms with Crippen molar-refractivity contribution in [2.45, 2.75) is 20.5 Å². The number of ether oxygens (including phenoxy) is 1. The number of thiophene rings is 2. The minimum atomic E-state index is -0.526. The first-order chi connectivity index (χ1) is 12.0. The minimum absolute atomic E-state index is 0.00746. The van der Waals surface area contributed by atoms with Gasteiger partial charge in [-0.05, 0) is 37.4 Å². The van der Waals surface area contributed by atoms with Crippen LogP contribution in [0.1, 0.15) is 26.0 Å². The zero-order chi connectivity index (χ0) is 17.8. The van der Waals surface area contributed by atoms with E-state index in [2.05, 4.69) is 10.3 Å². The Morgan fingerprint density at radius 1 is 1.28 bits per heavy atom. The van der Waals surface area contributed by atoms with Crippen LogP contribution in [0.2, 0.25) is 0 Å². The molecule has 25 heavy (non-hydrogen) atoms. The molecule has 3 heterocycles. The summed E-state index contributed by atoms with van der Waals surface area (Å²) < 4.78 is 10.8. The maximum absolute atomic E-state index is 11.9. The molecule has 1 N–H and O–H groups in total. The molecule has 0 spiro atoms. The van der Waals surface area contributed by atoms with Crippen LogP contribution >= 0.6 is 22.7 Å². The number of amides is 1. The van der Waals surface area contributed by atoms with Crippen LogP contribution in [0.25, 0.3) is 10.8 Å². The molecule has 0 aliphatic heterocycles. The van der Waals surface area contributed by atoms with E-state index >= 15 is 0 Å². The molecular formula is C17H16N2O4S2. The molecule has 3 aromatic rings. The number of nitrogens with zero attached hydrogens (tertiary/aromatic N) is 1. The summed E-state index contributed by atoms with van der Waals surface area (Å²) in [4.78, 5) is 30.6. The molecule has 0 aliphatic carbocycles. The topological polar surface area (TPSA) is 81.4 Å². The molecular weight excluding hydrogens is 360 g/mol. The molecule has 6 nitrogen and oxygen atoms in total. The molecule has 3 rings (SSSR count). The van der Waals surface area contributed by atoms with Gasteiger partial charge in [-0.25, -0.2) is 4.98 Å². The predicted molar refractivity (Wildman–Crippen MR) is 95.7 cm³/mol. The van der Waals surface area contributed by atoms with Gasteiger partial charge in [0.15, 0.2) is 0 Å². The Balaban J connectivity index is 1.50. The van der Waals surface area contributed by atoms with E-state index in [1.54, 1.807) is 13.0 Å². The quantitative estimate of drug-likeness (QED) is 0.665. The van der Waals surface area contributed by atoms with E-state index in [0.717, 1.165) is 9.75 Å². The number of carbonyl (C=O) groups is 2. The van der Waals surface area contributed by atoms with E-state index in [1.807, 2.05) is 30.5 Å². The molecule has 0 unspecified atom stereocenters. The number of esters is 1. The van der Waals surface area contributed by atoms with Crippen molar-refractivity contribution in [2.24, 2.45) is 0 Å². The standard InChI is InChI=1S/C17H16N2O4S2/c1-10-5-6-13(25-10)16(21)18-8-15(20)22-9-12-11(2)23-17(19-12)14-4-3-7-24-14/h3-7H,8-9H2,1-2H3,(H,18,21). The van der Waals surface area contributed by atoms with Gasteiger partial charge in [-0.2, -0.15) is 0 Å². The van der Waals surface area contributed by atoms with Crippen LogP contribution in [0.4, 0.5) is 0 Å². The zero-order valence-electron chi connectivity index (χ0n) is 13.7. The summed E-state index contributed by atoms with van der Waals surface area (Å²) in [6, 6.07) is 7.41. The fourth-order valence-corrected chi connectivity index (χ4v) is 3.50. The fraction of sp³-hybridized carbons (Fsp3) is 0.235. The van der Waals surface area contributed by atoms with Crippen LogP contribution in [0, 0.1) is 13.8 Å². The van der Waals surface area contributed by atoms with Crippen molar-refractivity contribution in [3.8, 4) is 10.8 Å². The normalized spacial score (nSPS) is 10.6. The molecule has 0 radical (unpaired) electrons. The summed E-state index contributed by atoms with van der Waals surface area (Å²) in [5, 5.41) is 4.48. The maximum atomic E-state index is 11.9. The van der Waals surface area contributed by atoms with Crippen molar-refractivity contribution >= 4 is 34.6 Å². The van der Waals surface area contributed by atoms with Gasteiger partial charge in [-0.15, -0.1) is 22.7 Å². The predicted octanol–water partition coefficient (Wildman–Crippen LogP) is 3.55. The molecule has 3 aromatic heterocycles. The Labute approximate surface area is 152 Å². The smallest absolute Gasteiger partial charge is 0.325 e. The number of oxazole rings is 1. The molecule has 8 heteroatoms. The third-order valence-corrected chi connectivity index (χ3v) is 5.21. The molecule has 1 amide bonds. The Morgan fingerprint density at radius 3 is 2.80 bits per heavy atom. The van der Waals surface area contributed by atoms with Gasteiger partial charge in [0.2, 0.25) is 5.89 Å². The molecule has 130 valence electrons. The Bertz CT molecular complexity index is 880. The average molecular weight is 376 g/mol. The van der Waals surface area contributed by atoms with E-state index in [9.17, 15) is 9.59 Å². The van der Waals surface area contributed by atoms with Gasteiger partial charge in [0, 0.05) is 4.88 Å². The van der Waals surface area contributed by atoms with Crippen LogP contribution in [0.5, 0.6) is 0 Å². The van der Waals surface area contributed by atoms with E-state index < -0.39 is 5.97 Å². The first-order valence-electron chi connectivity index (χ1n) is 7.53. The zero-order valence-corrected chi connectivity index (χ0v) is 15.3. The summed E-state index contributed by atoms with van der Waals surface area (Å²) in [6.07, 6.45) is 0. The Hall–Kier alpha value is -2.45. The summed E-state index contributed by atoms with van der Waals surface area (Å²) in [5.41, 5.74) is 0.567. The number of aryl methyl sites for hydroxylation is 2. The van der Waals surface area contributed by atoms with Crippen molar-refractivity contribution < 1.29 is 18.7 Å². The van der Waals surface area contributed by atoms with Crippen molar-refractivity contribution in [3.63, 3.8) is 0 Å². The number of nitrogens with one attached hydrogen (secondary N) is 1. The highest BCUT2D eigenvalue weighted by atomic mass is 32.1. The molecule has 0 bridgehead atoms. The van der Waals surface area contributed by atoms with E-state index in [0.29, 0.717) is 22.2 Å². The van der Waals surface area contributed by atoms with Gasteiger partial charge in [0.1, 0.15) is 24.6 Å². The summed E-state index contributed by atoms with van der Waals surface area (Å²) >= 11 is 2.90. The molecule has 0 aromatic carbocycles. The maximum Gasteiger partial charge on any atom is 0.325 e. The molecule has 0 atom stereocenters. The second-order valence-corrected chi connectivity index (χ2v) is 7.49. The third kappa shape index (κ3) is 4.34. The monoisotopic (exact) mass is 376 g/mol. The lowest BCUT2D eigenvalue weighted by Crippen LogP contribution is -2.30. The van der Waals surface area contributed by atoms with Crippen LogP contribution in [-0.4, -0.2) is 23.4 Å². The molecule has 0 saturated carbocycles. The van der Waals surface area contributed by atoms with Gasteiger partial charge in [-0.1, -0.05) is 6.07 Å². The second-order valence-electron chi connectivity index (χ2n) is 5.25. The van der Waals surface area contributed by atoms with Crippen LogP contribution in [-0.2, 0) is 16.1 Å². The van der Waals surface area contributed by atoms with Crippen molar-refractivity contribution in [2.75, 3.05) is 6.54 Å². The van der Waals surface area contributed by atoms with Crippen LogP contribution in [0.3, 0.4) is 0 Å². The summed E-state index contributed by atoms with van der Waals surface area (Å²) in [7, 11) is 0. The second kappa shape index (κ2) is 7.62. The fourth-order valence-electron chi connectivity index (χ4n) is 2.06. The van der Waals surface area contributed by atoms with Gasteiger partial charge >= 0.3 is 5.97 Å². The lowest BCUT2D eigenvalue weighted by molar-refractivity contribution is -0.143. The first-order valence-corrected chi connectivity index (χ1v) is 9.23. The van der Waals surface area contributed by atoms with E-state index in [1.165, 1.54) is 22.7 Å². The van der Waals surface area contributed by atoms with Crippen LogP contribution < -0.4 is 5.32 Å². The summed E-state index contributed by atoms with van der Waals surface area (Å²) in [6.45, 7) is 3.51. The Morgan fingerprint density at radius 2 is 2.12 bits per heavy atom. The highest BCUT2D eigenvalue weighted by Gasteiger charge is 2.15. The number of rotatable bonds is 6. The number of hydrogen-bond donors (Lipinski definition) is 1. The SMILES string of the molecule is Cc1ccc(C(=O)NCC(=O)OCc2nc(-c3cccs3)oc2C)s1. The number of hydrogen-bond acceptors (Lipinski definition) is 7. The lowest BCUT2D eigenvalue weighted by Gasteiger charge is -2.04. The average Bonchev–Trinajstić information content (AvgIpc) is 3.31. The van der Waals surface area contributed by atoms with Crippen molar-refractivity contribution in [3.05, 3.63) is 50.9 Å². The van der Waals surface area contributed by atoms with Gasteiger partial charge in [0.05, 0.1) is 9.75 Å². The van der Waals surface area contributed by atoms with Crippen molar-refractivity contribution in [1.29, 1.82) is 0 Å². The molecule has 0 aliphatic rings. The summed E-state index contributed by atoms with van der Waals surface area (Å²) in [5.74, 6) is 0.309. The highest BCUT2D eigenvalue weighted by molar-refractivity contribution is 7.14. The van der Waals surface area contributed by atoms with Gasteiger partial charge < -0.3 is 14.5 Å².